The number of carbonyl (C=O) groups excluding carboxylic acids is 1. The van der Waals surface area contributed by atoms with Gasteiger partial charge >= 0.3 is 6.09 Å². The first-order valence-corrected chi connectivity index (χ1v) is 13.0. The van der Waals surface area contributed by atoms with E-state index in [2.05, 4.69) is 10.3 Å². The molecule has 1 aliphatic rings. The van der Waals surface area contributed by atoms with Gasteiger partial charge in [0.15, 0.2) is 17.1 Å². The third-order valence-electron chi connectivity index (χ3n) is 7.05. The van der Waals surface area contributed by atoms with Gasteiger partial charge in [0.1, 0.15) is 0 Å². The Morgan fingerprint density at radius 1 is 0.927 bits per heavy atom. The van der Waals surface area contributed by atoms with Crippen molar-refractivity contribution in [1.82, 2.24) is 24.8 Å². The average molecular weight is 559 g/mol. The molecule has 1 aliphatic heterocycles. The fourth-order valence-corrected chi connectivity index (χ4v) is 4.78. The lowest BCUT2D eigenvalue weighted by Crippen LogP contribution is -2.48. The van der Waals surface area contributed by atoms with Crippen LogP contribution in [0.5, 0.6) is 11.5 Å². The number of fused-ring (bicyclic) bond motifs is 1. The smallest absolute Gasteiger partial charge is 0.407 e. The average Bonchev–Trinajstić information content (AvgIpc) is 2.99. The van der Waals surface area contributed by atoms with Gasteiger partial charge < -0.3 is 29.7 Å². The van der Waals surface area contributed by atoms with Gasteiger partial charge in [0.2, 0.25) is 5.95 Å². The monoisotopic (exact) mass is 558 g/mol. The van der Waals surface area contributed by atoms with E-state index in [0.717, 1.165) is 5.56 Å². The number of piperazine rings is 1. The van der Waals surface area contributed by atoms with Crippen LogP contribution in [-0.2, 0) is 6.54 Å². The standard InChI is InChI=1S/C29H30N6O6/c1-18-22-9-11-25(36)35(26(22)32-28(31-18)33-12-14-34(15-13-33)29(38)39)21-7-5-20(6-8-21)27(37)30-17-19-4-10-23(40-2)24(16-19)41-3/h4-11,16H,12-15,17H2,1-3H3,(H,30,37)(H,38,39). The Kier molecular flexibility index (Phi) is 7.72. The third kappa shape index (κ3) is 5.62. The van der Waals surface area contributed by atoms with Crippen molar-refractivity contribution in [2.24, 2.45) is 0 Å². The van der Waals surface area contributed by atoms with Crippen LogP contribution >= 0.6 is 0 Å². The lowest BCUT2D eigenvalue weighted by molar-refractivity contribution is 0.0950. The summed E-state index contributed by atoms with van der Waals surface area (Å²) >= 11 is 0. The number of rotatable bonds is 7. The minimum absolute atomic E-state index is 0.266. The van der Waals surface area contributed by atoms with Crippen molar-refractivity contribution in [3.8, 4) is 17.2 Å². The quantitative estimate of drug-likeness (QED) is 0.351. The summed E-state index contributed by atoms with van der Waals surface area (Å²) in [5.74, 6) is 1.35. The van der Waals surface area contributed by atoms with Gasteiger partial charge in [-0.25, -0.2) is 9.78 Å². The predicted octanol–water partition coefficient (Wildman–Crippen LogP) is 2.84. The first kappa shape index (κ1) is 27.4. The van der Waals surface area contributed by atoms with Gasteiger partial charge in [-0.05, 0) is 55.0 Å². The van der Waals surface area contributed by atoms with Crippen molar-refractivity contribution in [2.45, 2.75) is 13.5 Å². The number of ether oxygens (including phenoxy) is 2. The molecular formula is C29H30N6O6. The van der Waals surface area contributed by atoms with E-state index in [1.165, 1.54) is 15.5 Å². The number of anilines is 1. The molecule has 1 fully saturated rings. The van der Waals surface area contributed by atoms with Crippen LogP contribution in [0.4, 0.5) is 10.7 Å². The molecule has 0 spiro atoms. The summed E-state index contributed by atoms with van der Waals surface area (Å²) in [5, 5.41) is 12.9. The van der Waals surface area contributed by atoms with E-state index in [1.54, 1.807) is 56.7 Å². The fraction of sp³-hybridized carbons (Fsp3) is 0.276. The van der Waals surface area contributed by atoms with E-state index < -0.39 is 6.09 Å². The molecule has 0 saturated carbocycles. The maximum Gasteiger partial charge on any atom is 0.407 e. The summed E-state index contributed by atoms with van der Waals surface area (Å²) in [5.41, 5.74) is 2.70. The highest BCUT2D eigenvalue weighted by atomic mass is 16.5. The highest BCUT2D eigenvalue weighted by Gasteiger charge is 2.23. The van der Waals surface area contributed by atoms with Crippen molar-refractivity contribution >= 4 is 29.0 Å². The minimum Gasteiger partial charge on any atom is -0.493 e. The second kappa shape index (κ2) is 11.5. The third-order valence-corrected chi connectivity index (χ3v) is 7.05. The number of nitrogens with zero attached hydrogens (tertiary/aromatic N) is 5. The molecule has 12 nitrogen and oxygen atoms in total. The van der Waals surface area contributed by atoms with Gasteiger partial charge in [-0.2, -0.15) is 4.98 Å². The van der Waals surface area contributed by atoms with Gasteiger partial charge in [-0.15, -0.1) is 0 Å². The van der Waals surface area contributed by atoms with Crippen LogP contribution < -0.4 is 25.2 Å². The Morgan fingerprint density at radius 3 is 2.29 bits per heavy atom. The summed E-state index contributed by atoms with van der Waals surface area (Å²) in [4.78, 5) is 49.8. The molecule has 0 radical (unpaired) electrons. The van der Waals surface area contributed by atoms with Crippen LogP contribution in [0.3, 0.4) is 0 Å². The summed E-state index contributed by atoms with van der Waals surface area (Å²) < 4.78 is 12.1. The maximum absolute atomic E-state index is 13.0. The number of hydrogen-bond donors (Lipinski definition) is 2. The highest BCUT2D eigenvalue weighted by molar-refractivity contribution is 5.94. The second-order valence-electron chi connectivity index (χ2n) is 9.53. The Labute approximate surface area is 235 Å². The molecule has 2 amide bonds. The topological polar surface area (TPSA) is 139 Å². The zero-order chi connectivity index (χ0) is 29.1. The van der Waals surface area contributed by atoms with Crippen LogP contribution in [0.2, 0.25) is 0 Å². The van der Waals surface area contributed by atoms with E-state index in [0.29, 0.717) is 78.1 Å². The van der Waals surface area contributed by atoms with Gasteiger partial charge in [0.25, 0.3) is 11.5 Å². The molecule has 212 valence electrons. The molecule has 5 rings (SSSR count). The van der Waals surface area contributed by atoms with Crippen molar-refractivity contribution < 1.29 is 24.2 Å². The number of methoxy groups -OCH3 is 2. The van der Waals surface area contributed by atoms with Crippen LogP contribution in [0.15, 0.2) is 59.4 Å². The maximum atomic E-state index is 13.0. The molecule has 2 aromatic carbocycles. The molecular weight excluding hydrogens is 528 g/mol. The van der Waals surface area contributed by atoms with Gasteiger partial charge in [0.05, 0.1) is 25.6 Å². The second-order valence-corrected chi connectivity index (χ2v) is 9.53. The summed E-state index contributed by atoms with van der Waals surface area (Å²) in [6, 6.07) is 15.3. The van der Waals surface area contributed by atoms with E-state index in [1.807, 2.05) is 17.9 Å². The zero-order valence-corrected chi connectivity index (χ0v) is 23.0. The van der Waals surface area contributed by atoms with Crippen LogP contribution in [0, 0.1) is 6.92 Å². The van der Waals surface area contributed by atoms with Crippen LogP contribution in [-0.4, -0.2) is 76.9 Å². The molecule has 0 bridgehead atoms. The van der Waals surface area contributed by atoms with Gasteiger partial charge in [0, 0.05) is 49.7 Å². The van der Waals surface area contributed by atoms with E-state index in [4.69, 9.17) is 14.5 Å². The summed E-state index contributed by atoms with van der Waals surface area (Å²) in [7, 11) is 3.12. The first-order valence-electron chi connectivity index (χ1n) is 13.0. The Morgan fingerprint density at radius 2 is 1.63 bits per heavy atom. The van der Waals surface area contributed by atoms with Crippen molar-refractivity contribution in [2.75, 3.05) is 45.3 Å². The summed E-state index contributed by atoms with van der Waals surface area (Å²) in [6.45, 7) is 3.72. The van der Waals surface area contributed by atoms with Crippen molar-refractivity contribution in [1.29, 1.82) is 0 Å². The Bertz CT molecular complexity index is 1660. The molecule has 4 aromatic rings. The van der Waals surface area contributed by atoms with Crippen LogP contribution in [0.25, 0.3) is 16.7 Å². The molecule has 12 heteroatoms. The highest BCUT2D eigenvalue weighted by Crippen LogP contribution is 2.27. The molecule has 1 saturated heterocycles. The van der Waals surface area contributed by atoms with Crippen molar-refractivity contribution in [3.05, 3.63) is 81.8 Å². The molecule has 0 atom stereocenters. The molecule has 41 heavy (non-hydrogen) atoms. The molecule has 2 N–H and O–H groups in total. The number of carboxylic acid groups (broad SMARTS) is 1. The lowest BCUT2D eigenvalue weighted by atomic mass is 10.1. The molecule has 0 aliphatic carbocycles. The number of nitrogens with one attached hydrogen (secondary N) is 1. The Hall–Kier alpha value is -5.13. The molecule has 3 heterocycles. The van der Waals surface area contributed by atoms with E-state index >= 15 is 0 Å². The van der Waals surface area contributed by atoms with Gasteiger partial charge in [-0.3, -0.25) is 14.2 Å². The SMILES string of the molecule is COc1ccc(CNC(=O)c2ccc(-n3c(=O)ccc4c(C)nc(N5CCN(C(=O)O)CC5)nc43)cc2)cc1OC. The zero-order valence-electron chi connectivity index (χ0n) is 23.0. The number of pyridine rings is 1. The normalized spacial score (nSPS) is 13.2. The summed E-state index contributed by atoms with van der Waals surface area (Å²) in [6.07, 6.45) is -0.952. The van der Waals surface area contributed by atoms with Crippen molar-refractivity contribution in [3.63, 3.8) is 0 Å². The number of hydrogen-bond acceptors (Lipinski definition) is 8. The van der Waals surface area contributed by atoms with Gasteiger partial charge in [-0.1, -0.05) is 6.07 Å². The number of amides is 2. The first-order chi connectivity index (χ1) is 19.8. The number of aryl methyl sites for hydroxylation is 1. The van der Waals surface area contributed by atoms with E-state index in [9.17, 15) is 19.5 Å². The largest absolute Gasteiger partial charge is 0.493 e. The minimum atomic E-state index is -0.952. The molecule has 2 aromatic heterocycles. The number of aromatic nitrogens is 3. The fourth-order valence-electron chi connectivity index (χ4n) is 4.78. The van der Waals surface area contributed by atoms with Crippen LogP contribution in [0.1, 0.15) is 21.6 Å². The predicted molar refractivity (Wildman–Crippen MR) is 152 cm³/mol. The molecule has 0 unspecified atom stereocenters. The number of benzene rings is 2. The Balaban J connectivity index is 1.38. The lowest BCUT2D eigenvalue weighted by Gasteiger charge is -2.33. The van der Waals surface area contributed by atoms with E-state index in [-0.39, 0.29) is 11.5 Å². The number of carbonyl (C=O) groups is 2.